The fourth-order valence-corrected chi connectivity index (χ4v) is 2.43. The van der Waals surface area contributed by atoms with Crippen molar-refractivity contribution in [1.82, 2.24) is 0 Å². The van der Waals surface area contributed by atoms with Crippen LogP contribution >= 0.6 is 0 Å². The normalized spacial score (nSPS) is 12.2. The van der Waals surface area contributed by atoms with Crippen molar-refractivity contribution < 1.29 is 9.47 Å². The van der Waals surface area contributed by atoms with Gasteiger partial charge in [-0.2, -0.15) is 0 Å². The van der Waals surface area contributed by atoms with Crippen LogP contribution in [0.5, 0.6) is 0 Å². The largest absolute Gasteiger partial charge is 0.353 e. The van der Waals surface area contributed by atoms with Gasteiger partial charge < -0.3 is 9.47 Å². The van der Waals surface area contributed by atoms with Crippen molar-refractivity contribution in [1.29, 1.82) is 0 Å². The first-order valence-corrected chi connectivity index (χ1v) is 10.4. The maximum Gasteiger partial charge on any atom is 0.157 e. The lowest BCUT2D eigenvalue weighted by Crippen LogP contribution is -2.18. The van der Waals surface area contributed by atoms with Crippen LogP contribution < -0.4 is 0 Å². The first-order chi connectivity index (χ1) is 11.8. The van der Waals surface area contributed by atoms with Gasteiger partial charge in [-0.1, -0.05) is 77.2 Å². The number of allylic oxidation sites excluding steroid dienone is 4. The zero-order chi connectivity index (χ0) is 17.7. The minimum atomic E-state index is 0.0244. The van der Waals surface area contributed by atoms with Gasteiger partial charge in [0.15, 0.2) is 6.29 Å². The molecule has 0 amide bonds. The van der Waals surface area contributed by atoms with E-state index in [4.69, 9.17) is 9.47 Å². The first-order valence-electron chi connectivity index (χ1n) is 10.4. The van der Waals surface area contributed by atoms with Crippen LogP contribution in [0.2, 0.25) is 0 Å². The van der Waals surface area contributed by atoms with Crippen molar-refractivity contribution in [3.8, 4) is 0 Å². The summed E-state index contributed by atoms with van der Waals surface area (Å²) < 4.78 is 11.8. The monoisotopic (exact) mass is 338 g/mol. The topological polar surface area (TPSA) is 18.5 Å². The lowest BCUT2D eigenvalue weighted by Gasteiger charge is -2.18. The summed E-state index contributed by atoms with van der Waals surface area (Å²) in [4.78, 5) is 0. The molecular formula is C22H42O2. The van der Waals surface area contributed by atoms with E-state index in [1.54, 1.807) is 0 Å². The van der Waals surface area contributed by atoms with Gasteiger partial charge in [0, 0.05) is 13.2 Å². The fraction of sp³-hybridized carbons (Fsp3) is 0.818. The third-order valence-corrected chi connectivity index (χ3v) is 4.03. The molecule has 0 radical (unpaired) electrons. The van der Waals surface area contributed by atoms with E-state index in [0.717, 1.165) is 38.9 Å². The molecule has 24 heavy (non-hydrogen) atoms. The molecule has 0 aliphatic carbocycles. The first kappa shape index (κ1) is 23.4. The Morgan fingerprint density at radius 3 is 1.88 bits per heavy atom. The van der Waals surface area contributed by atoms with Gasteiger partial charge in [0.25, 0.3) is 0 Å². The molecule has 0 bridgehead atoms. The lowest BCUT2D eigenvalue weighted by molar-refractivity contribution is -0.147. The molecule has 0 aromatic heterocycles. The van der Waals surface area contributed by atoms with Gasteiger partial charge >= 0.3 is 0 Å². The summed E-state index contributed by atoms with van der Waals surface area (Å²) in [6.45, 7) is 8.24. The Labute approximate surface area is 151 Å². The van der Waals surface area contributed by atoms with Crippen molar-refractivity contribution in [3.05, 3.63) is 24.3 Å². The van der Waals surface area contributed by atoms with Crippen LogP contribution in [0.1, 0.15) is 97.8 Å². The van der Waals surface area contributed by atoms with Gasteiger partial charge in [-0.25, -0.2) is 0 Å². The minimum absolute atomic E-state index is 0.0244. The highest BCUT2D eigenvalue weighted by molar-refractivity contribution is 5.01. The number of hydrogen-bond acceptors (Lipinski definition) is 2. The molecule has 2 nitrogen and oxygen atoms in total. The van der Waals surface area contributed by atoms with E-state index >= 15 is 0 Å². The van der Waals surface area contributed by atoms with Gasteiger partial charge in [0.05, 0.1) is 0 Å². The molecule has 142 valence electrons. The average Bonchev–Trinajstić information content (AvgIpc) is 2.59. The van der Waals surface area contributed by atoms with E-state index in [-0.39, 0.29) is 6.29 Å². The SMILES string of the molecule is CCC=CC=CCCCCCCCC(OCCCC)OCCCC. The fourth-order valence-electron chi connectivity index (χ4n) is 2.43. The smallest absolute Gasteiger partial charge is 0.157 e. The maximum absolute atomic E-state index is 5.88. The van der Waals surface area contributed by atoms with Crippen molar-refractivity contribution in [3.63, 3.8) is 0 Å². The van der Waals surface area contributed by atoms with E-state index in [1.807, 2.05) is 0 Å². The number of rotatable bonds is 18. The second-order valence-corrected chi connectivity index (χ2v) is 6.49. The van der Waals surface area contributed by atoms with E-state index in [2.05, 4.69) is 45.1 Å². The van der Waals surface area contributed by atoms with E-state index in [0.29, 0.717) is 0 Å². The summed E-state index contributed by atoms with van der Waals surface area (Å²) in [6.07, 6.45) is 23.3. The standard InChI is InChI=1S/C22H42O2/c1-4-7-10-11-12-13-14-15-16-17-18-19-22(23-20-8-5-2)24-21-9-6-3/h7,10-12,22H,4-6,8-9,13-21H2,1-3H3. The molecule has 2 heteroatoms. The number of unbranched alkanes of at least 4 members (excludes halogenated alkanes) is 7. The van der Waals surface area contributed by atoms with Crippen LogP contribution in [0.4, 0.5) is 0 Å². The second-order valence-electron chi connectivity index (χ2n) is 6.49. The Bertz CT molecular complexity index is 274. The molecule has 0 atom stereocenters. The average molecular weight is 339 g/mol. The molecule has 0 aliphatic heterocycles. The van der Waals surface area contributed by atoms with Crippen molar-refractivity contribution in [2.24, 2.45) is 0 Å². The summed E-state index contributed by atoms with van der Waals surface area (Å²) in [5, 5.41) is 0. The minimum Gasteiger partial charge on any atom is -0.353 e. The molecular weight excluding hydrogens is 296 g/mol. The van der Waals surface area contributed by atoms with E-state index in [9.17, 15) is 0 Å². The van der Waals surface area contributed by atoms with Crippen LogP contribution in [0.25, 0.3) is 0 Å². The van der Waals surface area contributed by atoms with Gasteiger partial charge in [0.1, 0.15) is 0 Å². The number of ether oxygens (including phenoxy) is 2. The third-order valence-electron chi connectivity index (χ3n) is 4.03. The van der Waals surface area contributed by atoms with Gasteiger partial charge in [-0.05, 0) is 44.9 Å². The molecule has 0 fully saturated rings. The third kappa shape index (κ3) is 17.7. The Kier molecular flexibility index (Phi) is 19.9. The predicted molar refractivity (Wildman–Crippen MR) is 106 cm³/mol. The molecule has 0 N–H and O–H groups in total. The summed E-state index contributed by atoms with van der Waals surface area (Å²) in [5.41, 5.74) is 0. The molecule has 0 rings (SSSR count). The van der Waals surface area contributed by atoms with Crippen molar-refractivity contribution in [2.45, 2.75) is 104 Å². The summed E-state index contributed by atoms with van der Waals surface area (Å²) in [5.74, 6) is 0. The summed E-state index contributed by atoms with van der Waals surface area (Å²) >= 11 is 0. The zero-order valence-corrected chi connectivity index (χ0v) is 16.6. The maximum atomic E-state index is 5.88. The molecule has 0 heterocycles. The highest BCUT2D eigenvalue weighted by Crippen LogP contribution is 2.13. The Morgan fingerprint density at radius 2 is 1.25 bits per heavy atom. The Morgan fingerprint density at radius 1 is 0.667 bits per heavy atom. The van der Waals surface area contributed by atoms with Crippen LogP contribution in [0.3, 0.4) is 0 Å². The highest BCUT2D eigenvalue weighted by atomic mass is 16.7. The Hall–Kier alpha value is -0.600. The molecule has 0 aromatic rings. The highest BCUT2D eigenvalue weighted by Gasteiger charge is 2.08. The van der Waals surface area contributed by atoms with Crippen LogP contribution in [0.15, 0.2) is 24.3 Å². The van der Waals surface area contributed by atoms with Crippen molar-refractivity contribution in [2.75, 3.05) is 13.2 Å². The molecule has 0 saturated carbocycles. The zero-order valence-electron chi connectivity index (χ0n) is 16.6. The van der Waals surface area contributed by atoms with Crippen LogP contribution in [0, 0.1) is 0 Å². The van der Waals surface area contributed by atoms with Crippen LogP contribution in [-0.2, 0) is 9.47 Å². The van der Waals surface area contributed by atoms with E-state index < -0.39 is 0 Å². The van der Waals surface area contributed by atoms with Crippen LogP contribution in [-0.4, -0.2) is 19.5 Å². The quantitative estimate of drug-likeness (QED) is 0.149. The summed E-state index contributed by atoms with van der Waals surface area (Å²) in [7, 11) is 0. The molecule has 0 saturated heterocycles. The Balaban J connectivity index is 3.59. The summed E-state index contributed by atoms with van der Waals surface area (Å²) in [6, 6.07) is 0. The molecule has 0 aliphatic rings. The lowest BCUT2D eigenvalue weighted by atomic mass is 10.1. The van der Waals surface area contributed by atoms with Gasteiger partial charge in [0.2, 0.25) is 0 Å². The molecule has 0 spiro atoms. The van der Waals surface area contributed by atoms with Gasteiger partial charge in [-0.15, -0.1) is 0 Å². The predicted octanol–water partition coefficient (Wildman–Crippen LogP) is 7.20. The van der Waals surface area contributed by atoms with Crippen molar-refractivity contribution >= 4 is 0 Å². The molecule has 0 aromatic carbocycles. The van der Waals surface area contributed by atoms with Gasteiger partial charge in [-0.3, -0.25) is 0 Å². The molecule has 0 unspecified atom stereocenters. The number of hydrogen-bond donors (Lipinski definition) is 0. The van der Waals surface area contributed by atoms with E-state index in [1.165, 1.54) is 51.4 Å². The second kappa shape index (κ2) is 20.4.